The van der Waals surface area contributed by atoms with Gasteiger partial charge < -0.3 is 5.11 Å². The molecule has 0 aromatic rings. The van der Waals surface area contributed by atoms with Crippen LogP contribution in [0.5, 0.6) is 0 Å². The SMILES string of the molecule is O=[PH]CCO. The van der Waals surface area contributed by atoms with E-state index >= 15 is 0 Å². The molecule has 0 amide bonds. The van der Waals surface area contributed by atoms with Gasteiger partial charge in [0.05, 0.1) is 15.1 Å². The molecule has 0 saturated heterocycles. The van der Waals surface area contributed by atoms with Gasteiger partial charge in [-0.05, 0) is 0 Å². The van der Waals surface area contributed by atoms with Crippen LogP contribution in [0.1, 0.15) is 0 Å². The Morgan fingerprint density at radius 2 is 2.40 bits per heavy atom. The lowest BCUT2D eigenvalue weighted by atomic mass is 10.9. The van der Waals surface area contributed by atoms with Crippen molar-refractivity contribution in [2.24, 2.45) is 0 Å². The van der Waals surface area contributed by atoms with E-state index in [1.165, 1.54) is 0 Å². The quantitative estimate of drug-likeness (QED) is 0.488. The zero-order valence-corrected chi connectivity index (χ0v) is 3.77. The van der Waals surface area contributed by atoms with Crippen LogP contribution >= 0.6 is 8.46 Å². The van der Waals surface area contributed by atoms with Crippen LogP contribution in [0.2, 0.25) is 0 Å². The molecule has 0 spiro atoms. The van der Waals surface area contributed by atoms with Gasteiger partial charge in [-0.25, -0.2) is 0 Å². The zero-order chi connectivity index (χ0) is 4.12. The minimum absolute atomic E-state index is 0.0436. The average molecular weight is 93.0 g/mol. The normalized spacial score (nSPS) is 9.00. The number of hydrogen-bond donors (Lipinski definition) is 1. The Balaban J connectivity index is 2.40. The number of rotatable bonds is 2. The minimum Gasteiger partial charge on any atom is -0.396 e. The van der Waals surface area contributed by atoms with Crippen LogP contribution in [-0.2, 0) is 4.57 Å². The second kappa shape index (κ2) is 4.06. The number of aliphatic hydroxyl groups is 1. The molecular weight excluding hydrogens is 87.0 g/mol. The zero-order valence-electron chi connectivity index (χ0n) is 2.77. The van der Waals surface area contributed by atoms with Gasteiger partial charge in [0, 0.05) is 6.16 Å². The predicted octanol–water partition coefficient (Wildman–Crippen LogP) is 0.00270. The monoisotopic (exact) mass is 93.0 g/mol. The predicted molar refractivity (Wildman–Crippen MR) is 21.0 cm³/mol. The fourth-order valence-corrected chi connectivity index (χ4v) is 0.137. The standard InChI is InChI=1S/C2H6O2P/c3-1-2-5-4/h3,5H,1-2H2. The second-order valence-electron chi connectivity index (χ2n) is 0.618. The summed E-state index contributed by atoms with van der Waals surface area (Å²) in [6, 6.07) is 0. The molecule has 1 atom stereocenters. The second-order valence-corrected chi connectivity index (χ2v) is 1.41. The third-order valence-corrected chi connectivity index (χ3v) is 0.642. The Bertz CT molecular complexity index is 28.8. The highest BCUT2D eigenvalue weighted by Gasteiger charge is 1.67. The average Bonchev–Trinajstić information content (AvgIpc) is 1.41. The van der Waals surface area contributed by atoms with Gasteiger partial charge in [-0.3, -0.25) is 4.57 Å². The fourth-order valence-electron chi connectivity index (χ4n) is 0.0456. The molecule has 0 aliphatic carbocycles. The Kier molecular flexibility index (Phi) is 4.11. The maximum atomic E-state index is 9.40. The van der Waals surface area contributed by atoms with Crippen LogP contribution in [0.3, 0.4) is 0 Å². The largest absolute Gasteiger partial charge is 0.396 e. The maximum absolute atomic E-state index is 9.40. The molecule has 0 bridgehead atoms. The highest BCUT2D eigenvalue weighted by atomic mass is 31.1. The first kappa shape index (κ1) is 5.06. The maximum Gasteiger partial charge on any atom is 0.0604 e. The molecule has 2 nitrogen and oxygen atoms in total. The molecule has 0 fully saturated rings. The Morgan fingerprint density at radius 1 is 1.80 bits per heavy atom. The highest BCUT2D eigenvalue weighted by molar-refractivity contribution is 7.23. The van der Waals surface area contributed by atoms with Gasteiger partial charge in [0.2, 0.25) is 0 Å². The van der Waals surface area contributed by atoms with Gasteiger partial charge in [0.15, 0.2) is 0 Å². The van der Waals surface area contributed by atoms with Crippen LogP contribution in [0.4, 0.5) is 0 Å². The van der Waals surface area contributed by atoms with Gasteiger partial charge in [-0.2, -0.15) is 0 Å². The molecule has 1 unspecified atom stereocenters. The van der Waals surface area contributed by atoms with Gasteiger partial charge in [-0.15, -0.1) is 0 Å². The van der Waals surface area contributed by atoms with Crippen molar-refractivity contribution in [3.63, 3.8) is 0 Å². The lowest BCUT2D eigenvalue weighted by molar-refractivity contribution is 0.321. The smallest absolute Gasteiger partial charge is 0.0604 e. The lowest BCUT2D eigenvalue weighted by Crippen LogP contribution is -1.76. The third-order valence-electron chi connectivity index (χ3n) is 0.214. The first-order valence-corrected chi connectivity index (χ1v) is 2.49. The topological polar surface area (TPSA) is 37.3 Å². The first-order valence-electron chi connectivity index (χ1n) is 1.37. The number of hydrogen-bond acceptors (Lipinski definition) is 2. The summed E-state index contributed by atoms with van der Waals surface area (Å²) in [5.41, 5.74) is 0. The van der Waals surface area contributed by atoms with Crippen molar-refractivity contribution in [3.05, 3.63) is 0 Å². The molecule has 1 N–H and O–H groups in total. The number of aliphatic hydroxyl groups excluding tert-OH is 1. The molecule has 1 radical (unpaired) electrons. The van der Waals surface area contributed by atoms with E-state index < -0.39 is 0 Å². The van der Waals surface area contributed by atoms with E-state index in [-0.39, 0.29) is 15.1 Å². The molecule has 0 aromatic carbocycles. The molecular formula is C2H6O2P. The van der Waals surface area contributed by atoms with Crippen LogP contribution in [-0.4, -0.2) is 17.9 Å². The molecule has 31 valence electrons. The van der Waals surface area contributed by atoms with E-state index in [2.05, 4.69) is 0 Å². The van der Waals surface area contributed by atoms with Crippen molar-refractivity contribution < 1.29 is 9.67 Å². The summed E-state index contributed by atoms with van der Waals surface area (Å²) in [6.45, 7) is 0.0436. The Morgan fingerprint density at radius 3 is 2.40 bits per heavy atom. The lowest BCUT2D eigenvalue weighted by Gasteiger charge is -1.70. The molecule has 3 heteroatoms. The van der Waals surface area contributed by atoms with Crippen LogP contribution in [0, 0.1) is 0 Å². The van der Waals surface area contributed by atoms with E-state index in [9.17, 15) is 4.57 Å². The van der Waals surface area contributed by atoms with Crippen molar-refractivity contribution in [2.45, 2.75) is 0 Å². The van der Waals surface area contributed by atoms with Gasteiger partial charge in [0.1, 0.15) is 0 Å². The highest BCUT2D eigenvalue weighted by Crippen LogP contribution is 1.83. The van der Waals surface area contributed by atoms with Gasteiger partial charge >= 0.3 is 0 Å². The van der Waals surface area contributed by atoms with E-state index in [0.29, 0.717) is 6.16 Å². The molecule has 5 heavy (non-hydrogen) atoms. The van der Waals surface area contributed by atoms with E-state index in [0.717, 1.165) is 0 Å². The van der Waals surface area contributed by atoms with E-state index in [1.807, 2.05) is 0 Å². The van der Waals surface area contributed by atoms with Crippen molar-refractivity contribution in [1.82, 2.24) is 0 Å². The summed E-state index contributed by atoms with van der Waals surface area (Å²) in [7, 11) is -0.342. The van der Waals surface area contributed by atoms with Crippen molar-refractivity contribution >= 4 is 8.46 Å². The van der Waals surface area contributed by atoms with E-state index in [1.54, 1.807) is 0 Å². The van der Waals surface area contributed by atoms with Crippen molar-refractivity contribution in [1.29, 1.82) is 0 Å². The first-order chi connectivity index (χ1) is 2.41. The molecule has 0 rings (SSSR count). The molecule has 0 aliphatic heterocycles. The summed E-state index contributed by atoms with van der Waals surface area (Å²) >= 11 is 0. The van der Waals surface area contributed by atoms with Gasteiger partial charge in [0.25, 0.3) is 0 Å². The van der Waals surface area contributed by atoms with Crippen LogP contribution in [0.25, 0.3) is 0 Å². The fraction of sp³-hybridized carbons (Fsp3) is 1.00. The van der Waals surface area contributed by atoms with Crippen LogP contribution < -0.4 is 0 Å². The Labute approximate surface area is 32.0 Å². The summed E-state index contributed by atoms with van der Waals surface area (Å²) < 4.78 is 9.40. The van der Waals surface area contributed by atoms with Crippen molar-refractivity contribution in [3.8, 4) is 0 Å². The third kappa shape index (κ3) is 4.06. The van der Waals surface area contributed by atoms with E-state index in [4.69, 9.17) is 5.11 Å². The summed E-state index contributed by atoms with van der Waals surface area (Å²) in [4.78, 5) is 0. The minimum atomic E-state index is -0.342. The molecule has 0 heterocycles. The molecule has 0 aromatic heterocycles. The summed E-state index contributed by atoms with van der Waals surface area (Å²) in [5.74, 6) is 0. The molecule has 0 saturated carbocycles. The van der Waals surface area contributed by atoms with Gasteiger partial charge in [-0.1, -0.05) is 0 Å². The molecule has 0 aliphatic rings. The Hall–Kier alpha value is 0.0600. The van der Waals surface area contributed by atoms with Crippen molar-refractivity contribution in [2.75, 3.05) is 12.8 Å². The summed E-state index contributed by atoms with van der Waals surface area (Å²) in [6.07, 6.45) is 0.417. The van der Waals surface area contributed by atoms with Crippen LogP contribution in [0.15, 0.2) is 0 Å². The summed E-state index contributed by atoms with van der Waals surface area (Å²) in [5, 5.41) is 7.87.